The standard InChI is InChI=1S/C16H19FN6O/c1-9(2)12(15-18-8-19-22(15)4)21-16(24)13-14(17)23-10(3)6-5-7-11(23)20-13/h5-9,12H,1-4H3,(H,21,24)/t12-/m1/s1. The van der Waals surface area contributed by atoms with Crippen molar-refractivity contribution in [1.82, 2.24) is 29.5 Å². The van der Waals surface area contributed by atoms with Crippen LogP contribution in [0.5, 0.6) is 0 Å². The molecule has 0 spiro atoms. The molecular weight excluding hydrogens is 311 g/mol. The number of halogens is 1. The van der Waals surface area contributed by atoms with Gasteiger partial charge in [0.2, 0.25) is 5.95 Å². The molecule has 0 aliphatic heterocycles. The number of rotatable bonds is 4. The summed E-state index contributed by atoms with van der Waals surface area (Å²) in [6.07, 6.45) is 1.42. The fourth-order valence-corrected chi connectivity index (χ4v) is 2.68. The Labute approximate surface area is 138 Å². The van der Waals surface area contributed by atoms with E-state index in [9.17, 15) is 9.18 Å². The van der Waals surface area contributed by atoms with E-state index in [1.807, 2.05) is 13.8 Å². The van der Waals surface area contributed by atoms with Crippen molar-refractivity contribution in [3.8, 4) is 0 Å². The second kappa shape index (κ2) is 6.03. The van der Waals surface area contributed by atoms with Gasteiger partial charge in [-0.15, -0.1) is 0 Å². The molecule has 24 heavy (non-hydrogen) atoms. The van der Waals surface area contributed by atoms with Crippen molar-refractivity contribution in [2.24, 2.45) is 13.0 Å². The van der Waals surface area contributed by atoms with Gasteiger partial charge >= 0.3 is 0 Å². The van der Waals surface area contributed by atoms with Crippen LogP contribution in [-0.2, 0) is 7.05 Å². The molecule has 0 saturated carbocycles. The Kier molecular flexibility index (Phi) is 4.04. The molecule has 3 aromatic heterocycles. The minimum Gasteiger partial charge on any atom is -0.340 e. The van der Waals surface area contributed by atoms with Crippen molar-refractivity contribution in [1.29, 1.82) is 0 Å². The Hall–Kier alpha value is -2.77. The van der Waals surface area contributed by atoms with Crippen molar-refractivity contribution >= 4 is 11.6 Å². The number of carbonyl (C=O) groups is 1. The summed E-state index contributed by atoms with van der Waals surface area (Å²) >= 11 is 0. The van der Waals surface area contributed by atoms with Crippen LogP contribution in [0.2, 0.25) is 0 Å². The minimum absolute atomic E-state index is 0.0543. The van der Waals surface area contributed by atoms with Gasteiger partial charge in [-0.1, -0.05) is 19.9 Å². The van der Waals surface area contributed by atoms with Crippen LogP contribution in [-0.4, -0.2) is 30.1 Å². The molecule has 1 N–H and O–H groups in total. The molecule has 8 heteroatoms. The highest BCUT2D eigenvalue weighted by Crippen LogP contribution is 2.20. The highest BCUT2D eigenvalue weighted by atomic mass is 19.1. The number of hydrogen-bond donors (Lipinski definition) is 1. The molecule has 3 heterocycles. The van der Waals surface area contributed by atoms with Crippen LogP contribution in [0.3, 0.4) is 0 Å². The van der Waals surface area contributed by atoms with Gasteiger partial charge in [0, 0.05) is 12.7 Å². The van der Waals surface area contributed by atoms with Crippen molar-refractivity contribution in [3.63, 3.8) is 0 Å². The summed E-state index contributed by atoms with van der Waals surface area (Å²) in [5.41, 5.74) is 0.847. The first kappa shape index (κ1) is 16.1. The first-order valence-electron chi connectivity index (χ1n) is 7.68. The number of fused-ring (bicyclic) bond motifs is 1. The predicted octanol–water partition coefficient (Wildman–Crippen LogP) is 2.04. The third-order valence-electron chi connectivity index (χ3n) is 3.98. The Balaban J connectivity index is 1.96. The molecule has 0 aliphatic rings. The largest absolute Gasteiger partial charge is 0.340 e. The zero-order valence-corrected chi connectivity index (χ0v) is 14.0. The maximum Gasteiger partial charge on any atom is 0.275 e. The van der Waals surface area contributed by atoms with E-state index >= 15 is 0 Å². The third kappa shape index (κ3) is 2.64. The number of aromatic nitrogens is 5. The lowest BCUT2D eigenvalue weighted by atomic mass is 10.0. The molecule has 0 aliphatic carbocycles. The van der Waals surface area contributed by atoms with Gasteiger partial charge in [-0.25, -0.2) is 9.97 Å². The lowest BCUT2D eigenvalue weighted by molar-refractivity contribution is 0.0913. The summed E-state index contributed by atoms with van der Waals surface area (Å²) in [4.78, 5) is 20.9. The maximum atomic E-state index is 14.6. The number of carbonyl (C=O) groups excluding carboxylic acids is 1. The van der Waals surface area contributed by atoms with E-state index < -0.39 is 17.9 Å². The predicted molar refractivity (Wildman–Crippen MR) is 85.9 cm³/mol. The number of nitrogens with one attached hydrogen (secondary N) is 1. The van der Waals surface area contributed by atoms with E-state index in [4.69, 9.17) is 0 Å². The van der Waals surface area contributed by atoms with E-state index in [1.54, 1.807) is 36.9 Å². The number of imidazole rings is 1. The van der Waals surface area contributed by atoms with E-state index in [0.29, 0.717) is 17.2 Å². The van der Waals surface area contributed by atoms with E-state index in [2.05, 4.69) is 20.4 Å². The zero-order valence-electron chi connectivity index (χ0n) is 14.0. The highest BCUT2D eigenvalue weighted by Gasteiger charge is 2.27. The number of amides is 1. The molecule has 0 fully saturated rings. The van der Waals surface area contributed by atoms with E-state index in [1.165, 1.54) is 10.7 Å². The number of pyridine rings is 1. The minimum atomic E-state index is -0.666. The van der Waals surface area contributed by atoms with E-state index in [0.717, 1.165) is 0 Å². The second-order valence-corrected chi connectivity index (χ2v) is 6.05. The molecule has 3 aromatic rings. The van der Waals surface area contributed by atoms with Crippen LogP contribution in [0.15, 0.2) is 24.5 Å². The highest BCUT2D eigenvalue weighted by molar-refractivity contribution is 5.93. The number of nitrogens with zero attached hydrogens (tertiary/aromatic N) is 5. The molecule has 7 nitrogen and oxygen atoms in total. The summed E-state index contributed by atoms with van der Waals surface area (Å²) in [5, 5.41) is 6.84. The number of hydrogen-bond acceptors (Lipinski definition) is 4. The van der Waals surface area contributed by atoms with Gasteiger partial charge in [0.05, 0.1) is 6.04 Å². The van der Waals surface area contributed by atoms with E-state index in [-0.39, 0.29) is 11.6 Å². The lowest BCUT2D eigenvalue weighted by Crippen LogP contribution is -2.34. The smallest absolute Gasteiger partial charge is 0.275 e. The SMILES string of the molecule is Cc1cccc2nc(C(=O)N[C@@H](c3ncnn3C)C(C)C)c(F)n12. The molecule has 3 rings (SSSR count). The molecule has 0 radical (unpaired) electrons. The number of aryl methyl sites for hydroxylation is 2. The monoisotopic (exact) mass is 330 g/mol. The van der Waals surface area contributed by atoms with Crippen molar-refractivity contribution in [3.05, 3.63) is 47.7 Å². The first-order chi connectivity index (χ1) is 11.4. The van der Waals surface area contributed by atoms with Gasteiger partial charge in [0.15, 0.2) is 5.69 Å². The first-order valence-corrected chi connectivity index (χ1v) is 7.68. The van der Waals surface area contributed by atoms with Crippen LogP contribution in [0, 0.1) is 18.8 Å². The van der Waals surface area contributed by atoms with Crippen LogP contribution < -0.4 is 5.32 Å². The topological polar surface area (TPSA) is 77.1 Å². The van der Waals surface area contributed by atoms with Gasteiger partial charge in [0.1, 0.15) is 17.8 Å². The maximum absolute atomic E-state index is 14.6. The molecule has 0 aromatic carbocycles. The van der Waals surface area contributed by atoms with Gasteiger partial charge in [0.25, 0.3) is 5.91 Å². The Morgan fingerprint density at radius 2 is 2.08 bits per heavy atom. The molecule has 1 amide bonds. The normalized spacial score (nSPS) is 12.8. The molecule has 0 bridgehead atoms. The van der Waals surface area contributed by atoms with Crippen LogP contribution in [0.25, 0.3) is 5.65 Å². The zero-order chi connectivity index (χ0) is 17.4. The summed E-state index contributed by atoms with van der Waals surface area (Å²) in [6.45, 7) is 5.66. The van der Waals surface area contributed by atoms with Gasteiger partial charge in [-0.3, -0.25) is 13.9 Å². The lowest BCUT2D eigenvalue weighted by Gasteiger charge is -2.20. The molecular formula is C16H19FN6O. The van der Waals surface area contributed by atoms with Crippen molar-refractivity contribution < 1.29 is 9.18 Å². The second-order valence-electron chi connectivity index (χ2n) is 6.05. The summed E-state index contributed by atoms with van der Waals surface area (Å²) in [5.74, 6) is -0.573. The third-order valence-corrected chi connectivity index (χ3v) is 3.98. The molecule has 1 atom stereocenters. The van der Waals surface area contributed by atoms with Crippen LogP contribution in [0.4, 0.5) is 4.39 Å². The fraction of sp³-hybridized carbons (Fsp3) is 0.375. The Bertz CT molecular complexity index is 897. The van der Waals surface area contributed by atoms with Crippen LogP contribution >= 0.6 is 0 Å². The molecule has 126 valence electrons. The molecule has 0 unspecified atom stereocenters. The molecule has 0 saturated heterocycles. The summed E-state index contributed by atoms with van der Waals surface area (Å²) < 4.78 is 17.5. The van der Waals surface area contributed by atoms with Gasteiger partial charge in [-0.05, 0) is 25.0 Å². The van der Waals surface area contributed by atoms with Crippen LogP contribution in [0.1, 0.15) is 41.9 Å². The quantitative estimate of drug-likeness (QED) is 0.794. The van der Waals surface area contributed by atoms with Crippen molar-refractivity contribution in [2.45, 2.75) is 26.8 Å². The fourth-order valence-electron chi connectivity index (χ4n) is 2.68. The average molecular weight is 330 g/mol. The van der Waals surface area contributed by atoms with Crippen molar-refractivity contribution in [2.75, 3.05) is 0 Å². The summed E-state index contributed by atoms with van der Waals surface area (Å²) in [7, 11) is 1.75. The Morgan fingerprint density at radius 3 is 2.67 bits per heavy atom. The van der Waals surface area contributed by atoms with Gasteiger partial charge < -0.3 is 5.32 Å². The average Bonchev–Trinajstić information content (AvgIpc) is 3.09. The van der Waals surface area contributed by atoms with Gasteiger partial charge in [-0.2, -0.15) is 9.49 Å². The summed E-state index contributed by atoms with van der Waals surface area (Å²) in [6, 6.07) is 4.80. The Morgan fingerprint density at radius 1 is 1.33 bits per heavy atom.